The number of rotatable bonds is 8. The van der Waals surface area contributed by atoms with E-state index >= 15 is 0 Å². The second-order valence-corrected chi connectivity index (χ2v) is 9.59. The van der Waals surface area contributed by atoms with Gasteiger partial charge in [-0.3, -0.25) is 4.79 Å². The van der Waals surface area contributed by atoms with Crippen LogP contribution >= 0.6 is 0 Å². The van der Waals surface area contributed by atoms with Crippen molar-refractivity contribution in [3.63, 3.8) is 0 Å². The molecule has 0 aliphatic carbocycles. The van der Waals surface area contributed by atoms with E-state index in [9.17, 15) is 13.2 Å². The van der Waals surface area contributed by atoms with Crippen molar-refractivity contribution in [3.8, 4) is 0 Å². The molecule has 0 amide bonds. The quantitative estimate of drug-likeness (QED) is 0.604. The number of sulfonamides is 1. The van der Waals surface area contributed by atoms with E-state index in [1.165, 1.54) is 4.31 Å². The van der Waals surface area contributed by atoms with Crippen LogP contribution in [0.3, 0.4) is 0 Å². The van der Waals surface area contributed by atoms with Gasteiger partial charge in [-0.25, -0.2) is 8.42 Å². The van der Waals surface area contributed by atoms with Crippen LogP contribution in [0.2, 0.25) is 0 Å². The Kier molecular flexibility index (Phi) is 7.02. The number of hydrogen-bond acceptors (Lipinski definition) is 7. The first-order valence-corrected chi connectivity index (χ1v) is 11.3. The van der Waals surface area contributed by atoms with Gasteiger partial charge in [0.15, 0.2) is 12.4 Å². The summed E-state index contributed by atoms with van der Waals surface area (Å²) in [4.78, 5) is 16.5. The summed E-state index contributed by atoms with van der Waals surface area (Å²) in [5.41, 5.74) is 0.679. The molecule has 0 bridgehead atoms. The third-order valence-corrected chi connectivity index (χ3v) is 6.60. The first kappa shape index (κ1) is 21.4. The third-order valence-electron chi connectivity index (χ3n) is 4.68. The maximum atomic E-state index is 12.7. The second-order valence-electron chi connectivity index (χ2n) is 7.65. The molecule has 0 unspecified atom stereocenters. The Morgan fingerprint density at radius 3 is 2.52 bits per heavy atom. The highest BCUT2D eigenvalue weighted by molar-refractivity contribution is 7.89. The number of hydrogen-bond donors (Lipinski definition) is 0. The maximum absolute atomic E-state index is 12.7. The molecule has 1 aromatic heterocycles. The summed E-state index contributed by atoms with van der Waals surface area (Å²) in [5, 5.41) is 3.85. The summed E-state index contributed by atoms with van der Waals surface area (Å²) >= 11 is 0. The Morgan fingerprint density at radius 2 is 1.86 bits per heavy atom. The molecule has 9 heteroatoms. The van der Waals surface area contributed by atoms with Gasteiger partial charge in [-0.1, -0.05) is 37.6 Å². The van der Waals surface area contributed by atoms with Crippen molar-refractivity contribution in [2.75, 3.05) is 13.1 Å². The first-order chi connectivity index (χ1) is 13.8. The predicted octanol–water partition coefficient (Wildman–Crippen LogP) is 2.73. The van der Waals surface area contributed by atoms with Crippen LogP contribution in [0.4, 0.5) is 0 Å². The Hall–Kier alpha value is -2.26. The van der Waals surface area contributed by atoms with Crippen LogP contribution in [0.25, 0.3) is 0 Å². The molecule has 1 saturated heterocycles. The summed E-state index contributed by atoms with van der Waals surface area (Å²) in [6, 6.07) is 6.38. The Morgan fingerprint density at radius 1 is 1.17 bits per heavy atom. The Balaban J connectivity index is 1.52. The van der Waals surface area contributed by atoms with Crippen molar-refractivity contribution in [1.82, 2.24) is 14.4 Å². The number of piperidine rings is 1. The van der Waals surface area contributed by atoms with Crippen LogP contribution in [0.15, 0.2) is 33.7 Å². The van der Waals surface area contributed by atoms with Gasteiger partial charge in [0, 0.05) is 19.5 Å². The van der Waals surface area contributed by atoms with Crippen molar-refractivity contribution in [2.24, 2.45) is 5.92 Å². The molecular formula is C20H27N3O5S. The minimum atomic E-state index is -3.47. The van der Waals surface area contributed by atoms with Crippen molar-refractivity contribution in [2.45, 2.75) is 57.5 Å². The molecule has 158 valence electrons. The molecule has 2 heterocycles. The average molecular weight is 422 g/mol. The average Bonchev–Trinajstić information content (AvgIpc) is 3.14. The molecular weight excluding hydrogens is 394 g/mol. The van der Waals surface area contributed by atoms with Crippen LogP contribution in [0, 0.1) is 5.92 Å². The monoisotopic (exact) mass is 421 g/mol. The highest BCUT2D eigenvalue weighted by Crippen LogP contribution is 2.21. The van der Waals surface area contributed by atoms with Gasteiger partial charge in [-0.2, -0.15) is 9.29 Å². The van der Waals surface area contributed by atoms with Crippen LogP contribution in [0.1, 0.15) is 50.4 Å². The lowest BCUT2D eigenvalue weighted by atomic mass is 10.1. The zero-order chi connectivity index (χ0) is 20.9. The highest BCUT2D eigenvalue weighted by Gasteiger charge is 2.25. The zero-order valence-electron chi connectivity index (χ0n) is 16.8. The maximum Gasteiger partial charge on any atom is 0.310 e. The minimum Gasteiger partial charge on any atom is -0.455 e. The van der Waals surface area contributed by atoms with Gasteiger partial charge < -0.3 is 9.26 Å². The number of esters is 1. The number of benzene rings is 1. The molecule has 3 rings (SSSR count). The Labute approximate surface area is 171 Å². The number of nitrogens with zero attached hydrogens (tertiary/aromatic N) is 3. The van der Waals surface area contributed by atoms with Crippen molar-refractivity contribution in [3.05, 3.63) is 41.5 Å². The van der Waals surface area contributed by atoms with E-state index in [0.717, 1.165) is 19.3 Å². The second kappa shape index (κ2) is 9.49. The Bertz CT molecular complexity index is 916. The molecule has 1 aliphatic rings. The number of ether oxygens (including phenoxy) is 1. The fourth-order valence-electron chi connectivity index (χ4n) is 3.19. The van der Waals surface area contributed by atoms with Crippen LogP contribution in [-0.4, -0.2) is 41.9 Å². The molecule has 29 heavy (non-hydrogen) atoms. The molecule has 2 aromatic rings. The molecule has 1 aromatic carbocycles. The smallest absolute Gasteiger partial charge is 0.310 e. The van der Waals surface area contributed by atoms with Gasteiger partial charge in [-0.05, 0) is 36.5 Å². The van der Waals surface area contributed by atoms with Crippen LogP contribution < -0.4 is 0 Å². The molecule has 0 atom stereocenters. The molecule has 0 saturated carbocycles. The molecule has 0 N–H and O–H groups in total. The fourth-order valence-corrected chi connectivity index (χ4v) is 4.71. The largest absolute Gasteiger partial charge is 0.455 e. The lowest BCUT2D eigenvalue weighted by Gasteiger charge is -2.25. The number of carbonyl (C=O) groups is 1. The zero-order valence-corrected chi connectivity index (χ0v) is 17.7. The predicted molar refractivity (Wildman–Crippen MR) is 105 cm³/mol. The summed E-state index contributed by atoms with van der Waals surface area (Å²) in [5.74, 6) is 0.818. The summed E-state index contributed by atoms with van der Waals surface area (Å²) in [7, 11) is -3.47. The van der Waals surface area contributed by atoms with Crippen molar-refractivity contribution >= 4 is 16.0 Å². The molecule has 1 fully saturated rings. The highest BCUT2D eigenvalue weighted by atomic mass is 32.2. The van der Waals surface area contributed by atoms with Gasteiger partial charge in [0.2, 0.25) is 10.0 Å². The van der Waals surface area contributed by atoms with E-state index in [2.05, 4.69) is 24.0 Å². The van der Waals surface area contributed by atoms with E-state index in [1.807, 2.05) is 0 Å². The van der Waals surface area contributed by atoms with E-state index in [-0.39, 0.29) is 23.8 Å². The SMILES string of the molecule is CC(C)Cc1noc(COC(=O)Cc2ccc(S(=O)(=O)N3CCCCC3)cc2)n1. The van der Waals surface area contributed by atoms with Gasteiger partial charge >= 0.3 is 5.97 Å². The normalized spacial score (nSPS) is 15.6. The topological polar surface area (TPSA) is 103 Å². The molecule has 1 aliphatic heterocycles. The fraction of sp³-hybridized carbons (Fsp3) is 0.550. The van der Waals surface area contributed by atoms with Gasteiger partial charge in [0.05, 0.1) is 11.3 Å². The van der Waals surface area contributed by atoms with E-state index in [0.29, 0.717) is 36.8 Å². The summed E-state index contributed by atoms with van der Waals surface area (Å²) in [6.45, 7) is 5.15. The molecule has 0 radical (unpaired) electrons. The van der Waals surface area contributed by atoms with Gasteiger partial charge in [0.1, 0.15) is 0 Å². The summed E-state index contributed by atoms with van der Waals surface area (Å²) in [6.07, 6.45) is 3.58. The number of carbonyl (C=O) groups excluding carboxylic acids is 1. The molecule has 8 nitrogen and oxygen atoms in total. The third kappa shape index (κ3) is 5.86. The molecule has 0 spiro atoms. The minimum absolute atomic E-state index is 0.0387. The van der Waals surface area contributed by atoms with Crippen molar-refractivity contribution in [1.29, 1.82) is 0 Å². The summed E-state index contributed by atoms with van der Waals surface area (Å²) < 4.78 is 37.1. The van der Waals surface area contributed by atoms with E-state index < -0.39 is 16.0 Å². The number of aromatic nitrogens is 2. The lowest BCUT2D eigenvalue weighted by molar-refractivity contribution is -0.144. The van der Waals surface area contributed by atoms with E-state index in [4.69, 9.17) is 9.26 Å². The van der Waals surface area contributed by atoms with E-state index in [1.54, 1.807) is 24.3 Å². The van der Waals surface area contributed by atoms with Gasteiger partial charge in [-0.15, -0.1) is 0 Å². The van der Waals surface area contributed by atoms with Crippen LogP contribution in [0.5, 0.6) is 0 Å². The van der Waals surface area contributed by atoms with Crippen LogP contribution in [-0.2, 0) is 39.0 Å². The first-order valence-electron chi connectivity index (χ1n) is 9.91. The van der Waals surface area contributed by atoms with Gasteiger partial charge in [0.25, 0.3) is 5.89 Å². The standard InChI is InChI=1S/C20H27N3O5S/c1-15(2)12-18-21-19(28-22-18)14-27-20(24)13-16-6-8-17(9-7-16)29(25,26)23-10-4-3-5-11-23/h6-9,15H,3-5,10-14H2,1-2H3. The lowest BCUT2D eigenvalue weighted by Crippen LogP contribution is -2.35. The van der Waals surface area contributed by atoms with Crippen molar-refractivity contribution < 1.29 is 22.5 Å².